The number of rotatable bonds is 4. The van der Waals surface area contributed by atoms with Crippen molar-refractivity contribution in [2.24, 2.45) is 0 Å². The number of ether oxygens (including phenoxy) is 1. The summed E-state index contributed by atoms with van der Waals surface area (Å²) in [4.78, 5) is 11.9. The molecule has 1 amide bonds. The van der Waals surface area contributed by atoms with E-state index in [1.165, 1.54) is 12.1 Å². The molecule has 0 bridgehead atoms. The maximum atomic E-state index is 11.9. The van der Waals surface area contributed by atoms with E-state index < -0.39 is 0 Å². The number of anilines is 1. The third-order valence-corrected chi connectivity index (χ3v) is 4.01. The van der Waals surface area contributed by atoms with E-state index in [-0.39, 0.29) is 12.5 Å². The fraction of sp³-hybridized carbons (Fsp3) is 0.188. The Kier molecular flexibility index (Phi) is 5.57. The highest BCUT2D eigenvalue weighted by Gasteiger charge is 2.10. The molecule has 0 radical (unpaired) electrons. The molecule has 22 heavy (non-hydrogen) atoms. The minimum Gasteiger partial charge on any atom is -0.483 e. The van der Waals surface area contributed by atoms with Crippen molar-refractivity contribution in [2.45, 2.75) is 13.8 Å². The normalized spacial score (nSPS) is 10.4. The van der Waals surface area contributed by atoms with Gasteiger partial charge in [0.1, 0.15) is 5.75 Å². The average Bonchev–Trinajstić information content (AvgIpc) is 2.44. The van der Waals surface area contributed by atoms with Gasteiger partial charge in [-0.1, -0.05) is 52.5 Å². The van der Waals surface area contributed by atoms with Crippen LogP contribution in [0.25, 0.3) is 0 Å². The van der Waals surface area contributed by atoms with Crippen LogP contribution in [0.3, 0.4) is 0 Å². The number of nitrogens with one attached hydrogen (secondary N) is 1. The maximum absolute atomic E-state index is 11.9. The van der Waals surface area contributed by atoms with Crippen LogP contribution < -0.4 is 10.1 Å². The van der Waals surface area contributed by atoms with E-state index in [2.05, 4.69) is 5.32 Å². The highest BCUT2D eigenvalue weighted by molar-refractivity contribution is 6.44. The van der Waals surface area contributed by atoms with Gasteiger partial charge in [0.25, 0.3) is 5.91 Å². The molecule has 2 aromatic rings. The number of aryl methyl sites for hydroxylation is 2. The van der Waals surface area contributed by atoms with Crippen molar-refractivity contribution in [2.75, 3.05) is 11.9 Å². The number of hydrogen-bond acceptors (Lipinski definition) is 2. The number of amides is 1. The Bertz CT molecular complexity index is 717. The smallest absolute Gasteiger partial charge is 0.262 e. The number of hydrogen-bond donors (Lipinski definition) is 1. The summed E-state index contributed by atoms with van der Waals surface area (Å²) >= 11 is 17.8. The zero-order valence-electron chi connectivity index (χ0n) is 12.0. The van der Waals surface area contributed by atoms with Crippen LogP contribution in [0.2, 0.25) is 15.1 Å². The van der Waals surface area contributed by atoms with Crippen LogP contribution in [0.15, 0.2) is 30.3 Å². The minimum atomic E-state index is -0.333. The van der Waals surface area contributed by atoms with Gasteiger partial charge in [-0.15, -0.1) is 0 Å². The van der Waals surface area contributed by atoms with Crippen molar-refractivity contribution in [1.82, 2.24) is 0 Å². The standard InChI is InChI=1S/C16H14Cl3NO2/c1-9-3-4-15(10(2)5-9)22-8-16(21)20-14-7-12(18)11(17)6-13(14)19/h3-7H,8H2,1-2H3,(H,20,21). The summed E-state index contributed by atoms with van der Waals surface area (Å²) < 4.78 is 5.51. The molecule has 3 nitrogen and oxygen atoms in total. The lowest BCUT2D eigenvalue weighted by molar-refractivity contribution is -0.118. The quantitative estimate of drug-likeness (QED) is 0.755. The van der Waals surface area contributed by atoms with Gasteiger partial charge in [0.2, 0.25) is 0 Å². The van der Waals surface area contributed by atoms with Gasteiger partial charge in [0, 0.05) is 0 Å². The number of halogens is 3. The number of benzene rings is 2. The van der Waals surface area contributed by atoms with Crippen LogP contribution in [0.1, 0.15) is 11.1 Å². The van der Waals surface area contributed by atoms with Crippen LogP contribution in [-0.4, -0.2) is 12.5 Å². The van der Waals surface area contributed by atoms with Gasteiger partial charge < -0.3 is 10.1 Å². The first-order valence-corrected chi connectivity index (χ1v) is 7.64. The Balaban J connectivity index is 2.00. The van der Waals surface area contributed by atoms with Crippen molar-refractivity contribution in [3.05, 3.63) is 56.5 Å². The van der Waals surface area contributed by atoms with E-state index in [9.17, 15) is 4.79 Å². The summed E-state index contributed by atoms with van der Waals surface area (Å²) in [6.07, 6.45) is 0. The Morgan fingerprint density at radius 1 is 1.05 bits per heavy atom. The third kappa shape index (κ3) is 4.29. The lowest BCUT2D eigenvalue weighted by Crippen LogP contribution is -2.20. The van der Waals surface area contributed by atoms with Crippen molar-refractivity contribution in [3.63, 3.8) is 0 Å². The van der Waals surface area contributed by atoms with Crippen molar-refractivity contribution in [1.29, 1.82) is 0 Å². The van der Waals surface area contributed by atoms with Gasteiger partial charge >= 0.3 is 0 Å². The summed E-state index contributed by atoms with van der Waals surface area (Å²) in [6, 6.07) is 8.73. The monoisotopic (exact) mass is 357 g/mol. The molecular formula is C16H14Cl3NO2. The molecule has 0 saturated heterocycles. The Morgan fingerprint density at radius 3 is 2.41 bits per heavy atom. The highest BCUT2D eigenvalue weighted by Crippen LogP contribution is 2.32. The molecule has 2 aromatic carbocycles. The fourth-order valence-electron chi connectivity index (χ4n) is 1.91. The van der Waals surface area contributed by atoms with Crippen LogP contribution in [0.5, 0.6) is 5.75 Å². The first kappa shape index (κ1) is 16.9. The second-order valence-electron chi connectivity index (χ2n) is 4.85. The molecule has 0 saturated carbocycles. The molecule has 0 fully saturated rings. The van der Waals surface area contributed by atoms with Gasteiger partial charge in [-0.3, -0.25) is 4.79 Å². The molecule has 2 rings (SSSR count). The highest BCUT2D eigenvalue weighted by atomic mass is 35.5. The van der Waals surface area contributed by atoms with E-state index in [4.69, 9.17) is 39.5 Å². The predicted octanol–water partition coefficient (Wildman–Crippen LogP) is 5.28. The first-order chi connectivity index (χ1) is 10.4. The molecule has 6 heteroatoms. The average molecular weight is 359 g/mol. The lowest BCUT2D eigenvalue weighted by atomic mass is 10.1. The van der Waals surface area contributed by atoms with Gasteiger partial charge in [-0.25, -0.2) is 0 Å². The zero-order valence-corrected chi connectivity index (χ0v) is 14.3. The third-order valence-electron chi connectivity index (χ3n) is 2.97. The molecule has 0 aromatic heterocycles. The molecule has 0 heterocycles. The number of carbonyl (C=O) groups is 1. The molecule has 0 atom stereocenters. The topological polar surface area (TPSA) is 38.3 Å². The molecule has 0 aliphatic heterocycles. The SMILES string of the molecule is Cc1ccc(OCC(=O)Nc2cc(Cl)c(Cl)cc2Cl)c(C)c1. The molecule has 116 valence electrons. The summed E-state index contributed by atoms with van der Waals surface area (Å²) in [5.74, 6) is 0.334. The number of carbonyl (C=O) groups excluding carboxylic acids is 1. The molecule has 0 aliphatic carbocycles. The zero-order chi connectivity index (χ0) is 16.3. The first-order valence-electron chi connectivity index (χ1n) is 6.51. The Hall–Kier alpha value is -1.42. The van der Waals surface area contributed by atoms with Gasteiger partial charge in [0.05, 0.1) is 20.8 Å². The van der Waals surface area contributed by atoms with Crippen molar-refractivity contribution >= 4 is 46.4 Å². The van der Waals surface area contributed by atoms with Crippen molar-refractivity contribution in [3.8, 4) is 5.75 Å². The van der Waals surface area contributed by atoms with E-state index in [0.717, 1.165) is 11.1 Å². The predicted molar refractivity (Wildman–Crippen MR) is 91.5 cm³/mol. The minimum absolute atomic E-state index is 0.125. The maximum Gasteiger partial charge on any atom is 0.262 e. The molecule has 0 unspecified atom stereocenters. The van der Waals surface area contributed by atoms with Crippen LogP contribution in [-0.2, 0) is 4.79 Å². The van der Waals surface area contributed by atoms with Crippen LogP contribution >= 0.6 is 34.8 Å². The molecular weight excluding hydrogens is 345 g/mol. The fourth-order valence-corrected chi connectivity index (χ4v) is 2.50. The second-order valence-corrected chi connectivity index (χ2v) is 6.07. The van der Waals surface area contributed by atoms with E-state index in [0.29, 0.717) is 26.5 Å². The van der Waals surface area contributed by atoms with Crippen molar-refractivity contribution < 1.29 is 9.53 Å². The summed E-state index contributed by atoms with van der Waals surface area (Å²) in [5, 5.41) is 3.60. The van der Waals surface area contributed by atoms with E-state index in [1.54, 1.807) is 0 Å². The second kappa shape index (κ2) is 7.23. The van der Waals surface area contributed by atoms with E-state index >= 15 is 0 Å². The van der Waals surface area contributed by atoms with Gasteiger partial charge in [0.15, 0.2) is 6.61 Å². The molecule has 0 aliphatic rings. The van der Waals surface area contributed by atoms with Crippen LogP contribution in [0.4, 0.5) is 5.69 Å². The molecule has 0 spiro atoms. The largest absolute Gasteiger partial charge is 0.483 e. The van der Waals surface area contributed by atoms with Gasteiger partial charge in [-0.05, 0) is 37.6 Å². The summed E-state index contributed by atoms with van der Waals surface area (Å²) in [6.45, 7) is 3.80. The Labute approximate surface area is 144 Å². The van der Waals surface area contributed by atoms with Crippen LogP contribution in [0, 0.1) is 13.8 Å². The molecule has 1 N–H and O–H groups in total. The Morgan fingerprint density at radius 2 is 1.73 bits per heavy atom. The lowest BCUT2D eigenvalue weighted by Gasteiger charge is -2.11. The van der Waals surface area contributed by atoms with Gasteiger partial charge in [-0.2, -0.15) is 0 Å². The summed E-state index contributed by atoms with van der Waals surface area (Å²) in [5.41, 5.74) is 2.50. The summed E-state index contributed by atoms with van der Waals surface area (Å²) in [7, 11) is 0. The van der Waals surface area contributed by atoms with E-state index in [1.807, 2.05) is 32.0 Å².